The van der Waals surface area contributed by atoms with Gasteiger partial charge in [0.2, 0.25) is 0 Å². The average Bonchev–Trinajstić information content (AvgIpc) is 2.61. The zero-order chi connectivity index (χ0) is 19.4. The summed E-state index contributed by atoms with van der Waals surface area (Å²) in [4.78, 5) is 27.3. The number of carbonyl (C=O) groups is 2. The molecule has 2 amide bonds. The molecular weight excluding hydrogens is 376 g/mol. The van der Waals surface area contributed by atoms with Crippen LogP contribution in [0.1, 0.15) is 12.5 Å². The Balaban J connectivity index is 2.49. The van der Waals surface area contributed by atoms with Gasteiger partial charge in [-0.2, -0.15) is 0 Å². The third kappa shape index (κ3) is 3.82. The lowest BCUT2D eigenvalue weighted by Gasteiger charge is -2.31. The number of halogens is 1. The number of rotatable bonds is 5. The van der Waals surface area contributed by atoms with Gasteiger partial charge in [-0.1, -0.05) is 17.5 Å². The SMILES string of the molecule is C#CCOc1c(Cl)cc(C=C2C(=O)N(C)C(=S)N(C)C2=O)cc1OCC. The predicted molar refractivity (Wildman–Crippen MR) is 103 cm³/mol. The van der Waals surface area contributed by atoms with Crippen LogP contribution in [0.25, 0.3) is 6.08 Å². The van der Waals surface area contributed by atoms with E-state index < -0.39 is 11.8 Å². The van der Waals surface area contributed by atoms with Gasteiger partial charge in [-0.3, -0.25) is 19.4 Å². The fourth-order valence-corrected chi connectivity index (χ4v) is 2.77. The lowest BCUT2D eigenvalue weighted by Crippen LogP contribution is -2.52. The number of amides is 2. The van der Waals surface area contributed by atoms with Crippen molar-refractivity contribution in [1.29, 1.82) is 0 Å². The highest BCUT2D eigenvalue weighted by Gasteiger charge is 2.35. The summed E-state index contributed by atoms with van der Waals surface area (Å²) in [5.74, 6) is 2.07. The molecule has 1 aliphatic heterocycles. The minimum absolute atomic E-state index is 0.0283. The molecule has 0 aromatic heterocycles. The Labute approximate surface area is 162 Å². The lowest BCUT2D eigenvalue weighted by molar-refractivity contribution is -0.132. The van der Waals surface area contributed by atoms with Crippen molar-refractivity contribution in [2.45, 2.75) is 6.92 Å². The topological polar surface area (TPSA) is 59.1 Å². The number of hydrogen-bond acceptors (Lipinski definition) is 5. The molecule has 6 nitrogen and oxygen atoms in total. The van der Waals surface area contributed by atoms with Crippen LogP contribution >= 0.6 is 23.8 Å². The van der Waals surface area contributed by atoms with Crippen LogP contribution in [0.15, 0.2) is 17.7 Å². The lowest BCUT2D eigenvalue weighted by atomic mass is 10.1. The van der Waals surface area contributed by atoms with Crippen LogP contribution in [0.3, 0.4) is 0 Å². The summed E-state index contributed by atoms with van der Waals surface area (Å²) in [6, 6.07) is 3.19. The van der Waals surface area contributed by atoms with Crippen LogP contribution in [0.4, 0.5) is 0 Å². The molecule has 26 heavy (non-hydrogen) atoms. The minimum Gasteiger partial charge on any atom is -0.490 e. The standard InChI is InChI=1S/C18H17ClN2O4S/c1-5-7-25-15-13(19)9-11(10-14(15)24-6-2)8-12-16(22)20(3)18(26)21(4)17(12)23/h1,8-10H,6-7H2,2-4H3. The van der Waals surface area contributed by atoms with Crippen molar-refractivity contribution >= 4 is 46.8 Å². The average molecular weight is 393 g/mol. The van der Waals surface area contributed by atoms with Crippen LogP contribution in [0.2, 0.25) is 5.02 Å². The third-order valence-corrected chi connectivity index (χ3v) is 4.41. The maximum Gasteiger partial charge on any atom is 0.265 e. The summed E-state index contributed by atoms with van der Waals surface area (Å²) >= 11 is 11.3. The zero-order valence-electron chi connectivity index (χ0n) is 14.5. The highest BCUT2D eigenvalue weighted by Crippen LogP contribution is 2.37. The van der Waals surface area contributed by atoms with Crippen molar-refractivity contribution in [2.24, 2.45) is 0 Å². The molecule has 0 spiro atoms. The molecule has 0 N–H and O–H groups in total. The molecule has 1 heterocycles. The van der Waals surface area contributed by atoms with E-state index in [2.05, 4.69) is 5.92 Å². The molecule has 0 atom stereocenters. The second-order valence-electron chi connectivity index (χ2n) is 5.32. The molecule has 1 saturated heterocycles. The molecule has 1 aromatic carbocycles. The van der Waals surface area contributed by atoms with Crippen molar-refractivity contribution in [2.75, 3.05) is 27.3 Å². The van der Waals surface area contributed by atoms with Gasteiger partial charge in [0.25, 0.3) is 11.8 Å². The molecule has 1 fully saturated rings. The van der Waals surface area contributed by atoms with Crippen molar-refractivity contribution in [3.63, 3.8) is 0 Å². The largest absolute Gasteiger partial charge is 0.490 e. The van der Waals surface area contributed by atoms with Gasteiger partial charge in [0.15, 0.2) is 16.6 Å². The maximum absolute atomic E-state index is 12.4. The van der Waals surface area contributed by atoms with Crippen LogP contribution in [-0.4, -0.2) is 54.0 Å². The molecule has 136 valence electrons. The van der Waals surface area contributed by atoms with Gasteiger partial charge in [-0.25, -0.2) is 0 Å². The Kier molecular flexibility index (Phi) is 6.24. The van der Waals surface area contributed by atoms with Gasteiger partial charge < -0.3 is 9.47 Å². The summed E-state index contributed by atoms with van der Waals surface area (Å²) in [7, 11) is 3.02. The number of ether oxygens (including phenoxy) is 2. The maximum atomic E-state index is 12.4. The smallest absolute Gasteiger partial charge is 0.265 e. The molecule has 0 unspecified atom stereocenters. The van der Waals surface area contributed by atoms with Crippen molar-refractivity contribution in [3.05, 3.63) is 28.3 Å². The van der Waals surface area contributed by atoms with E-state index in [4.69, 9.17) is 39.7 Å². The van der Waals surface area contributed by atoms with Gasteiger partial charge in [-0.05, 0) is 42.9 Å². The molecular formula is C18H17ClN2O4S. The number of nitrogens with zero attached hydrogens (tertiary/aromatic N) is 2. The first-order chi connectivity index (χ1) is 12.3. The minimum atomic E-state index is -0.486. The zero-order valence-corrected chi connectivity index (χ0v) is 16.1. The van der Waals surface area contributed by atoms with Gasteiger partial charge in [0, 0.05) is 14.1 Å². The summed E-state index contributed by atoms with van der Waals surface area (Å²) in [5, 5.41) is 0.397. The van der Waals surface area contributed by atoms with Crippen molar-refractivity contribution in [1.82, 2.24) is 9.80 Å². The molecule has 8 heteroatoms. The van der Waals surface area contributed by atoms with Crippen LogP contribution in [-0.2, 0) is 9.59 Å². The Bertz CT molecular complexity index is 818. The van der Waals surface area contributed by atoms with Gasteiger partial charge >= 0.3 is 0 Å². The first kappa shape index (κ1) is 19.8. The fourth-order valence-electron chi connectivity index (χ4n) is 2.33. The number of thiocarbonyl (C=S) groups is 1. The second kappa shape index (κ2) is 8.21. The number of likely N-dealkylation sites (N-methyl/N-ethyl adjacent to an activating group) is 2. The van der Waals surface area contributed by atoms with E-state index in [1.165, 1.54) is 30.0 Å². The summed E-state index contributed by atoms with van der Waals surface area (Å²) < 4.78 is 11.0. The molecule has 0 saturated carbocycles. The van der Waals surface area contributed by atoms with E-state index in [0.29, 0.717) is 23.7 Å². The van der Waals surface area contributed by atoms with E-state index in [-0.39, 0.29) is 22.3 Å². The molecule has 2 rings (SSSR count). The molecule has 1 aliphatic rings. The molecule has 0 radical (unpaired) electrons. The molecule has 1 aromatic rings. The molecule has 0 aliphatic carbocycles. The highest BCUT2D eigenvalue weighted by molar-refractivity contribution is 7.80. The van der Waals surface area contributed by atoms with Gasteiger partial charge in [-0.15, -0.1) is 6.42 Å². The van der Waals surface area contributed by atoms with Crippen LogP contribution in [0.5, 0.6) is 11.5 Å². The normalized spacial score (nSPS) is 14.4. The van der Waals surface area contributed by atoms with E-state index in [9.17, 15) is 9.59 Å². The van der Waals surface area contributed by atoms with E-state index in [1.807, 2.05) is 6.92 Å². The first-order valence-corrected chi connectivity index (χ1v) is 8.44. The molecule has 0 bridgehead atoms. The Morgan fingerprint density at radius 2 is 1.85 bits per heavy atom. The number of carbonyl (C=O) groups excluding carboxylic acids is 2. The number of terminal acetylenes is 1. The fraction of sp³-hybridized carbons (Fsp3) is 0.278. The van der Waals surface area contributed by atoms with E-state index in [1.54, 1.807) is 12.1 Å². The van der Waals surface area contributed by atoms with E-state index >= 15 is 0 Å². The summed E-state index contributed by atoms with van der Waals surface area (Å²) in [6.45, 7) is 2.22. The summed E-state index contributed by atoms with van der Waals surface area (Å²) in [5.41, 5.74) is 0.484. The quantitative estimate of drug-likeness (QED) is 0.333. The number of benzene rings is 1. The Morgan fingerprint density at radius 3 is 2.38 bits per heavy atom. The monoisotopic (exact) mass is 392 g/mol. The van der Waals surface area contributed by atoms with Crippen molar-refractivity contribution in [3.8, 4) is 23.8 Å². The predicted octanol–water partition coefficient (Wildman–Crippen LogP) is 2.35. The van der Waals surface area contributed by atoms with Crippen LogP contribution < -0.4 is 9.47 Å². The van der Waals surface area contributed by atoms with Gasteiger partial charge in [0.1, 0.15) is 12.2 Å². The first-order valence-electron chi connectivity index (χ1n) is 7.66. The second-order valence-corrected chi connectivity index (χ2v) is 6.10. The van der Waals surface area contributed by atoms with E-state index in [0.717, 1.165) is 0 Å². The van der Waals surface area contributed by atoms with Gasteiger partial charge in [0.05, 0.1) is 11.6 Å². The summed E-state index contributed by atoms with van der Waals surface area (Å²) in [6.07, 6.45) is 6.65. The van der Waals surface area contributed by atoms with Crippen LogP contribution in [0, 0.1) is 12.3 Å². The van der Waals surface area contributed by atoms with Crippen molar-refractivity contribution < 1.29 is 19.1 Å². The Hall–Kier alpha value is -2.56. The highest BCUT2D eigenvalue weighted by atomic mass is 35.5. The third-order valence-electron chi connectivity index (χ3n) is 3.59. The Morgan fingerprint density at radius 1 is 1.23 bits per heavy atom. The number of hydrogen-bond donors (Lipinski definition) is 0.